The zero-order valence-electron chi connectivity index (χ0n) is 17.9. The standard InChI is InChI=1S/C25H29NO5/c1-3-31-25(30)23(28)22-20(14-17(2)27)24(29)26(16-19-12-8-5-9-13-19)21(22)15-18-10-6-4-7-11-18/h4-13,20-23,28H,3,14-16H2,1-2H3/t20-,21-,22+,23-/m0/s1. The highest BCUT2D eigenvalue weighted by Crippen LogP contribution is 2.39. The van der Waals surface area contributed by atoms with Gasteiger partial charge in [-0.25, -0.2) is 4.79 Å². The molecule has 164 valence electrons. The van der Waals surface area contributed by atoms with E-state index in [0.29, 0.717) is 13.0 Å². The highest BCUT2D eigenvalue weighted by atomic mass is 16.5. The Balaban J connectivity index is 2.01. The molecule has 1 saturated heterocycles. The van der Waals surface area contributed by atoms with Crippen LogP contribution in [0.4, 0.5) is 0 Å². The third-order valence-electron chi connectivity index (χ3n) is 5.79. The lowest BCUT2D eigenvalue weighted by Crippen LogP contribution is -2.43. The predicted molar refractivity (Wildman–Crippen MR) is 116 cm³/mol. The number of carbonyl (C=O) groups is 3. The van der Waals surface area contributed by atoms with Crippen LogP contribution in [0.15, 0.2) is 60.7 Å². The van der Waals surface area contributed by atoms with Crippen molar-refractivity contribution in [3.05, 3.63) is 71.8 Å². The maximum Gasteiger partial charge on any atom is 0.335 e. The van der Waals surface area contributed by atoms with E-state index in [2.05, 4.69) is 0 Å². The van der Waals surface area contributed by atoms with Crippen LogP contribution in [-0.4, -0.2) is 46.4 Å². The van der Waals surface area contributed by atoms with Gasteiger partial charge in [-0.05, 0) is 31.4 Å². The number of esters is 1. The Morgan fingerprint density at radius 3 is 2.16 bits per heavy atom. The maximum atomic E-state index is 13.5. The van der Waals surface area contributed by atoms with Crippen molar-refractivity contribution < 1.29 is 24.2 Å². The quantitative estimate of drug-likeness (QED) is 0.627. The highest BCUT2D eigenvalue weighted by molar-refractivity contribution is 5.89. The molecule has 0 unspecified atom stereocenters. The number of rotatable bonds is 9. The van der Waals surface area contributed by atoms with Crippen LogP contribution in [0, 0.1) is 11.8 Å². The van der Waals surface area contributed by atoms with Crippen molar-refractivity contribution in [3.8, 4) is 0 Å². The van der Waals surface area contributed by atoms with E-state index in [9.17, 15) is 19.5 Å². The highest BCUT2D eigenvalue weighted by Gasteiger charge is 2.52. The average molecular weight is 424 g/mol. The number of ether oxygens (including phenoxy) is 1. The number of carbonyl (C=O) groups excluding carboxylic acids is 3. The van der Waals surface area contributed by atoms with Crippen molar-refractivity contribution in [2.75, 3.05) is 6.61 Å². The van der Waals surface area contributed by atoms with Crippen LogP contribution in [0.2, 0.25) is 0 Å². The molecule has 4 atom stereocenters. The molecular formula is C25H29NO5. The molecule has 1 heterocycles. The van der Waals surface area contributed by atoms with Gasteiger partial charge in [-0.1, -0.05) is 60.7 Å². The second-order valence-electron chi connectivity index (χ2n) is 8.00. The lowest BCUT2D eigenvalue weighted by Gasteiger charge is -2.30. The Morgan fingerprint density at radius 1 is 1.03 bits per heavy atom. The third kappa shape index (κ3) is 5.39. The lowest BCUT2D eigenvalue weighted by atomic mass is 9.80. The molecule has 1 N–H and O–H groups in total. The zero-order valence-corrected chi connectivity index (χ0v) is 17.9. The number of hydrogen-bond acceptors (Lipinski definition) is 5. The molecule has 1 amide bonds. The summed E-state index contributed by atoms with van der Waals surface area (Å²) in [5, 5.41) is 10.9. The second-order valence-corrected chi connectivity index (χ2v) is 8.00. The maximum absolute atomic E-state index is 13.5. The number of aliphatic hydroxyl groups is 1. The van der Waals surface area contributed by atoms with Gasteiger partial charge in [0.15, 0.2) is 6.10 Å². The Labute approximate surface area is 182 Å². The molecule has 2 aromatic rings. The van der Waals surface area contributed by atoms with E-state index in [-0.39, 0.29) is 24.7 Å². The topological polar surface area (TPSA) is 83.9 Å². The summed E-state index contributed by atoms with van der Waals surface area (Å²) >= 11 is 0. The van der Waals surface area contributed by atoms with Crippen LogP contribution in [0.3, 0.4) is 0 Å². The molecular weight excluding hydrogens is 394 g/mol. The zero-order chi connectivity index (χ0) is 22.4. The fourth-order valence-corrected chi connectivity index (χ4v) is 4.44. The molecule has 0 radical (unpaired) electrons. The van der Waals surface area contributed by atoms with Gasteiger partial charge in [-0.2, -0.15) is 0 Å². The summed E-state index contributed by atoms with van der Waals surface area (Å²) < 4.78 is 5.05. The molecule has 3 rings (SSSR count). The number of amides is 1. The SMILES string of the molecule is CCOC(=O)[C@@H](O)[C@@H]1[C@H](CC(C)=O)C(=O)N(Cc2ccccc2)[C@H]1Cc1ccccc1. The van der Waals surface area contributed by atoms with E-state index < -0.39 is 30.0 Å². The van der Waals surface area contributed by atoms with E-state index >= 15 is 0 Å². The van der Waals surface area contributed by atoms with Gasteiger partial charge in [0.2, 0.25) is 5.91 Å². The lowest BCUT2D eigenvalue weighted by molar-refractivity contribution is -0.158. The molecule has 2 aromatic carbocycles. The van der Waals surface area contributed by atoms with Gasteiger partial charge >= 0.3 is 5.97 Å². The fourth-order valence-electron chi connectivity index (χ4n) is 4.44. The van der Waals surface area contributed by atoms with Crippen LogP contribution in [0.25, 0.3) is 0 Å². The van der Waals surface area contributed by atoms with Crippen LogP contribution in [0.1, 0.15) is 31.4 Å². The molecule has 0 aliphatic carbocycles. The van der Waals surface area contributed by atoms with Crippen LogP contribution in [-0.2, 0) is 32.1 Å². The molecule has 0 spiro atoms. The molecule has 1 aliphatic heterocycles. The third-order valence-corrected chi connectivity index (χ3v) is 5.79. The van der Waals surface area contributed by atoms with E-state index in [1.807, 2.05) is 60.7 Å². The number of Topliss-reactive ketones (excluding diaryl/α,β-unsaturated/α-hetero) is 1. The van der Waals surface area contributed by atoms with Crippen LogP contribution < -0.4 is 0 Å². The Kier molecular flexibility index (Phi) is 7.58. The van der Waals surface area contributed by atoms with Gasteiger partial charge in [0.25, 0.3) is 0 Å². The fraction of sp³-hybridized carbons (Fsp3) is 0.400. The normalized spacial score (nSPS) is 21.7. The summed E-state index contributed by atoms with van der Waals surface area (Å²) in [4.78, 5) is 39.6. The summed E-state index contributed by atoms with van der Waals surface area (Å²) in [7, 11) is 0. The largest absolute Gasteiger partial charge is 0.464 e. The Morgan fingerprint density at radius 2 is 1.61 bits per heavy atom. The average Bonchev–Trinajstić information content (AvgIpc) is 3.00. The van der Waals surface area contributed by atoms with Gasteiger partial charge in [0.05, 0.1) is 12.5 Å². The number of benzene rings is 2. The summed E-state index contributed by atoms with van der Waals surface area (Å²) in [5.41, 5.74) is 1.93. The van der Waals surface area contributed by atoms with Gasteiger partial charge in [0, 0.05) is 24.9 Å². The van der Waals surface area contributed by atoms with Crippen molar-refractivity contribution in [2.24, 2.45) is 11.8 Å². The van der Waals surface area contributed by atoms with Crippen molar-refractivity contribution in [2.45, 2.75) is 45.4 Å². The molecule has 0 bridgehead atoms. The van der Waals surface area contributed by atoms with Crippen LogP contribution >= 0.6 is 0 Å². The first-order valence-corrected chi connectivity index (χ1v) is 10.6. The van der Waals surface area contributed by atoms with E-state index in [1.54, 1.807) is 11.8 Å². The van der Waals surface area contributed by atoms with Gasteiger partial charge in [-0.3, -0.25) is 4.79 Å². The number of ketones is 1. The van der Waals surface area contributed by atoms with Gasteiger partial charge in [0.1, 0.15) is 5.78 Å². The molecule has 0 aromatic heterocycles. The van der Waals surface area contributed by atoms with Crippen molar-refractivity contribution in [1.82, 2.24) is 4.90 Å². The van der Waals surface area contributed by atoms with E-state index in [0.717, 1.165) is 11.1 Å². The summed E-state index contributed by atoms with van der Waals surface area (Å²) in [6, 6.07) is 18.8. The molecule has 0 saturated carbocycles. The van der Waals surface area contributed by atoms with E-state index in [1.165, 1.54) is 6.92 Å². The number of likely N-dealkylation sites (tertiary alicyclic amines) is 1. The minimum Gasteiger partial charge on any atom is -0.464 e. The number of hydrogen-bond donors (Lipinski definition) is 1. The molecule has 6 heteroatoms. The van der Waals surface area contributed by atoms with Crippen molar-refractivity contribution in [1.29, 1.82) is 0 Å². The monoisotopic (exact) mass is 423 g/mol. The molecule has 6 nitrogen and oxygen atoms in total. The minimum absolute atomic E-state index is 0.0173. The summed E-state index contributed by atoms with van der Waals surface area (Å²) in [5.74, 6) is -2.63. The summed E-state index contributed by atoms with van der Waals surface area (Å²) in [6.45, 7) is 3.57. The molecule has 1 fully saturated rings. The first-order valence-electron chi connectivity index (χ1n) is 10.6. The molecule has 1 aliphatic rings. The second kappa shape index (κ2) is 10.4. The number of nitrogens with zero attached hydrogens (tertiary/aromatic N) is 1. The van der Waals surface area contributed by atoms with Crippen molar-refractivity contribution >= 4 is 17.7 Å². The number of aliphatic hydroxyl groups excluding tert-OH is 1. The van der Waals surface area contributed by atoms with Crippen molar-refractivity contribution in [3.63, 3.8) is 0 Å². The Hall–Kier alpha value is -2.99. The van der Waals surface area contributed by atoms with Crippen LogP contribution in [0.5, 0.6) is 0 Å². The predicted octanol–water partition coefficient (Wildman–Crippen LogP) is 2.78. The Bertz CT molecular complexity index is 899. The smallest absolute Gasteiger partial charge is 0.335 e. The van der Waals surface area contributed by atoms with Gasteiger partial charge in [-0.15, -0.1) is 0 Å². The minimum atomic E-state index is -1.48. The van der Waals surface area contributed by atoms with E-state index in [4.69, 9.17) is 4.74 Å². The first-order chi connectivity index (χ1) is 14.9. The summed E-state index contributed by atoms with van der Waals surface area (Å²) in [6.07, 6.45) is -1.03. The molecule has 31 heavy (non-hydrogen) atoms. The van der Waals surface area contributed by atoms with Gasteiger partial charge < -0.3 is 19.5 Å². The first kappa shape index (κ1) is 22.7.